The van der Waals surface area contributed by atoms with Crippen LogP contribution in [-0.2, 0) is 22.4 Å². The summed E-state index contributed by atoms with van der Waals surface area (Å²) < 4.78 is 40.5. The Morgan fingerprint density at radius 1 is 1.31 bits per heavy atom. The molecule has 0 unspecified atom stereocenters. The predicted molar refractivity (Wildman–Crippen MR) is 87.6 cm³/mol. The van der Waals surface area contributed by atoms with Crippen molar-refractivity contribution in [2.75, 3.05) is 6.61 Å². The molecule has 0 saturated carbocycles. The van der Waals surface area contributed by atoms with Gasteiger partial charge in [-0.3, -0.25) is 4.79 Å². The monoisotopic (exact) mass is 369 g/mol. The number of halogens is 3. The van der Waals surface area contributed by atoms with Gasteiger partial charge in [0, 0.05) is 24.4 Å². The number of carbonyl (C=O) groups is 1. The van der Waals surface area contributed by atoms with Crippen molar-refractivity contribution in [2.45, 2.75) is 32.0 Å². The van der Waals surface area contributed by atoms with Gasteiger partial charge in [0.2, 0.25) is 0 Å². The Morgan fingerprint density at radius 2 is 2.12 bits per heavy atom. The first-order chi connectivity index (χ1) is 12.4. The molecule has 26 heavy (non-hydrogen) atoms. The van der Waals surface area contributed by atoms with Gasteiger partial charge in [-0.1, -0.05) is 17.3 Å². The fourth-order valence-electron chi connectivity index (χ4n) is 2.17. The second-order valence-corrected chi connectivity index (χ2v) is 5.54. The van der Waals surface area contributed by atoms with Gasteiger partial charge >= 0.3 is 12.1 Å². The lowest BCUT2D eigenvalue weighted by Gasteiger charge is -2.11. The van der Waals surface area contributed by atoms with Crippen LogP contribution in [0.1, 0.15) is 30.4 Å². The van der Waals surface area contributed by atoms with Gasteiger partial charge in [0.15, 0.2) is 0 Å². The fraction of sp³-hybridized carbons (Fsp3) is 0.353. The summed E-state index contributed by atoms with van der Waals surface area (Å²) in [6.07, 6.45) is 1.24. The van der Waals surface area contributed by atoms with Crippen molar-refractivity contribution < 1.29 is 27.9 Å². The molecule has 2 aromatic rings. The number of alkyl halides is 3. The summed E-state index contributed by atoms with van der Waals surface area (Å²) in [5.74, 6) is -0.890. The van der Waals surface area contributed by atoms with Crippen molar-refractivity contribution >= 4 is 11.7 Å². The molecule has 0 aliphatic heterocycles. The summed E-state index contributed by atoms with van der Waals surface area (Å²) in [7, 11) is 0. The lowest BCUT2D eigenvalue weighted by Crippen LogP contribution is -2.13. The van der Waals surface area contributed by atoms with Crippen LogP contribution in [0.5, 0.6) is 0 Å². The van der Waals surface area contributed by atoms with Gasteiger partial charge < -0.3 is 14.5 Å². The number of hydrogen-bond acceptors (Lipinski definition) is 4. The average Bonchev–Trinajstić information content (AvgIpc) is 3.09. The Morgan fingerprint density at radius 3 is 2.77 bits per heavy atom. The first-order valence-corrected chi connectivity index (χ1v) is 7.90. The molecule has 140 valence electrons. The molecule has 0 bridgehead atoms. The Bertz CT molecular complexity index is 743. The molecule has 1 aromatic carbocycles. The van der Waals surface area contributed by atoms with Crippen molar-refractivity contribution in [1.82, 2.24) is 9.55 Å². The average molecular weight is 369 g/mol. The smallest absolute Gasteiger partial charge is 0.416 e. The number of nitrogens with zero attached hydrogens (tertiary/aromatic N) is 3. The summed E-state index contributed by atoms with van der Waals surface area (Å²) in [4.78, 5) is 19.5. The van der Waals surface area contributed by atoms with E-state index in [1.165, 1.54) is 18.5 Å². The third-order valence-electron chi connectivity index (χ3n) is 3.47. The Labute approximate surface area is 147 Å². The maximum Gasteiger partial charge on any atom is 0.416 e. The van der Waals surface area contributed by atoms with Gasteiger partial charge in [0.25, 0.3) is 0 Å². The molecule has 0 aliphatic rings. The molecule has 6 nitrogen and oxygen atoms in total. The normalized spacial score (nSPS) is 12.2. The highest BCUT2D eigenvalue weighted by molar-refractivity contribution is 6.00. The summed E-state index contributed by atoms with van der Waals surface area (Å²) in [6.45, 7) is 0.371. The molecular weight excluding hydrogens is 351 g/mol. The highest BCUT2D eigenvalue weighted by Crippen LogP contribution is 2.29. The van der Waals surface area contributed by atoms with Crippen molar-refractivity contribution in [2.24, 2.45) is 5.16 Å². The van der Waals surface area contributed by atoms with Crippen LogP contribution in [0.15, 0.2) is 48.1 Å². The molecule has 2 rings (SSSR count). The van der Waals surface area contributed by atoms with Gasteiger partial charge in [0.05, 0.1) is 18.4 Å². The number of oxime groups is 1. The van der Waals surface area contributed by atoms with Crippen molar-refractivity contribution in [3.8, 4) is 0 Å². The molecule has 0 aliphatic carbocycles. The molecular formula is C17H18F3N3O3. The van der Waals surface area contributed by atoms with E-state index in [1.54, 1.807) is 17.0 Å². The Balaban J connectivity index is 2.11. The minimum atomic E-state index is -4.45. The van der Waals surface area contributed by atoms with Crippen molar-refractivity contribution in [3.63, 3.8) is 0 Å². The standard InChI is InChI=1S/C17H18F3N3O3/c18-17(19,20)14-5-3-4-13(10-14)15(11-23-8-7-21-12-23)22-26-9-2-1-6-16(24)25/h3-5,7-8,10,12H,1-2,6,9,11H2,(H,24,25)/b22-15+. The van der Waals surface area contributed by atoms with Gasteiger partial charge in [-0.2, -0.15) is 13.2 Å². The summed E-state index contributed by atoms with van der Waals surface area (Å²) in [5, 5.41) is 12.5. The number of benzene rings is 1. The van der Waals surface area contributed by atoms with Gasteiger partial charge in [-0.25, -0.2) is 4.98 Å². The van der Waals surface area contributed by atoms with Crippen LogP contribution in [0.4, 0.5) is 13.2 Å². The summed E-state index contributed by atoms with van der Waals surface area (Å²) in [6, 6.07) is 4.85. The van der Waals surface area contributed by atoms with Crippen LogP contribution in [0.2, 0.25) is 0 Å². The highest BCUT2D eigenvalue weighted by atomic mass is 19.4. The number of imidazole rings is 1. The maximum atomic E-state index is 12.9. The topological polar surface area (TPSA) is 76.7 Å². The van der Waals surface area contributed by atoms with Crippen molar-refractivity contribution in [3.05, 3.63) is 54.1 Å². The largest absolute Gasteiger partial charge is 0.481 e. The second-order valence-electron chi connectivity index (χ2n) is 5.54. The zero-order valence-corrected chi connectivity index (χ0v) is 13.8. The lowest BCUT2D eigenvalue weighted by molar-refractivity contribution is -0.138. The molecule has 0 atom stereocenters. The molecule has 1 aromatic heterocycles. The number of carboxylic acid groups (broad SMARTS) is 1. The van der Waals surface area contributed by atoms with E-state index in [2.05, 4.69) is 10.1 Å². The number of hydrogen-bond donors (Lipinski definition) is 1. The van der Waals surface area contributed by atoms with E-state index in [0.717, 1.165) is 12.1 Å². The number of carboxylic acids is 1. The second kappa shape index (κ2) is 9.02. The molecule has 1 N–H and O–H groups in total. The van der Waals surface area contributed by atoms with Crippen LogP contribution in [0.25, 0.3) is 0 Å². The molecule has 0 radical (unpaired) electrons. The first kappa shape index (κ1) is 19.5. The summed E-state index contributed by atoms with van der Waals surface area (Å²) in [5.41, 5.74) is -0.166. The van der Waals surface area contributed by atoms with Gasteiger partial charge in [-0.05, 0) is 25.0 Å². The zero-order valence-electron chi connectivity index (χ0n) is 13.8. The molecule has 0 saturated heterocycles. The van der Waals surface area contributed by atoms with Crippen LogP contribution in [-0.4, -0.2) is 32.9 Å². The Hall–Kier alpha value is -2.84. The van der Waals surface area contributed by atoms with Gasteiger partial charge in [0.1, 0.15) is 12.3 Å². The lowest BCUT2D eigenvalue weighted by atomic mass is 10.1. The fourth-order valence-corrected chi connectivity index (χ4v) is 2.17. The number of aliphatic carboxylic acids is 1. The number of unbranched alkanes of at least 4 members (excludes halogenated alkanes) is 1. The third-order valence-corrected chi connectivity index (χ3v) is 3.47. The molecule has 0 spiro atoms. The molecule has 0 amide bonds. The minimum absolute atomic E-state index is 0.0304. The number of aromatic nitrogens is 2. The van der Waals surface area contributed by atoms with Crippen molar-refractivity contribution in [1.29, 1.82) is 0 Å². The van der Waals surface area contributed by atoms with E-state index < -0.39 is 17.7 Å². The number of rotatable bonds is 9. The minimum Gasteiger partial charge on any atom is -0.481 e. The van der Waals surface area contributed by atoms with Crippen LogP contribution in [0.3, 0.4) is 0 Å². The van der Waals surface area contributed by atoms with E-state index in [4.69, 9.17) is 9.94 Å². The highest BCUT2D eigenvalue weighted by Gasteiger charge is 2.30. The SMILES string of the molecule is O=C(O)CCCCO/N=C(\Cn1ccnc1)c1cccc(C(F)(F)F)c1. The van der Waals surface area contributed by atoms with E-state index in [9.17, 15) is 18.0 Å². The van der Waals surface area contributed by atoms with Crippen LogP contribution < -0.4 is 0 Å². The van der Waals surface area contributed by atoms with E-state index in [0.29, 0.717) is 24.1 Å². The quantitative estimate of drug-likeness (QED) is 0.416. The third kappa shape index (κ3) is 6.23. The molecule has 9 heteroatoms. The van der Waals surface area contributed by atoms with Gasteiger partial charge in [-0.15, -0.1) is 0 Å². The summed E-state index contributed by atoms with van der Waals surface area (Å²) >= 11 is 0. The van der Waals surface area contributed by atoms with E-state index in [-0.39, 0.29) is 19.6 Å². The van der Waals surface area contributed by atoms with E-state index in [1.807, 2.05) is 0 Å². The maximum absolute atomic E-state index is 12.9. The zero-order chi connectivity index (χ0) is 19.0. The van der Waals surface area contributed by atoms with Crippen LogP contribution >= 0.6 is 0 Å². The first-order valence-electron chi connectivity index (χ1n) is 7.90. The van der Waals surface area contributed by atoms with Crippen LogP contribution in [0, 0.1) is 0 Å². The molecule has 1 heterocycles. The predicted octanol–water partition coefficient (Wildman–Crippen LogP) is 3.58. The van der Waals surface area contributed by atoms with E-state index >= 15 is 0 Å². The Kier molecular flexibility index (Phi) is 6.76. The molecule has 0 fully saturated rings.